The zero-order chi connectivity index (χ0) is 16.8. The number of carbonyl (C=O) groups is 1. The Hall–Kier alpha value is -1.34. The zero-order valence-electron chi connectivity index (χ0n) is 13.4. The molecule has 0 heterocycles. The summed E-state index contributed by atoms with van der Waals surface area (Å²) in [5.41, 5.74) is 0.744. The SMILES string of the molecule is CC(=O)Nc1ccc(OCCOCCOCCOCCCl)cc1. The summed E-state index contributed by atoms with van der Waals surface area (Å²) >= 11 is 5.47. The van der Waals surface area contributed by atoms with Gasteiger partial charge in [0, 0.05) is 18.5 Å². The van der Waals surface area contributed by atoms with Gasteiger partial charge >= 0.3 is 0 Å². The van der Waals surface area contributed by atoms with E-state index in [1.54, 1.807) is 24.3 Å². The van der Waals surface area contributed by atoms with Gasteiger partial charge in [-0.1, -0.05) is 0 Å². The van der Waals surface area contributed by atoms with Crippen LogP contribution in [0.2, 0.25) is 0 Å². The number of halogens is 1. The number of amides is 1. The molecule has 0 atom stereocenters. The van der Waals surface area contributed by atoms with E-state index in [1.165, 1.54) is 6.92 Å². The van der Waals surface area contributed by atoms with Crippen LogP contribution in [-0.4, -0.2) is 58.0 Å². The van der Waals surface area contributed by atoms with Crippen LogP contribution in [0, 0.1) is 0 Å². The number of benzene rings is 1. The van der Waals surface area contributed by atoms with Gasteiger partial charge in [-0.15, -0.1) is 11.6 Å². The molecule has 0 aliphatic carbocycles. The molecule has 0 aliphatic rings. The molecule has 0 saturated carbocycles. The molecule has 1 N–H and O–H groups in total. The topological polar surface area (TPSA) is 66.0 Å². The van der Waals surface area contributed by atoms with Crippen molar-refractivity contribution in [1.29, 1.82) is 0 Å². The highest BCUT2D eigenvalue weighted by molar-refractivity contribution is 6.17. The second-order valence-corrected chi connectivity index (χ2v) is 4.96. The van der Waals surface area contributed by atoms with Crippen LogP contribution in [-0.2, 0) is 19.0 Å². The highest BCUT2D eigenvalue weighted by Crippen LogP contribution is 2.15. The van der Waals surface area contributed by atoms with Crippen LogP contribution in [0.1, 0.15) is 6.92 Å². The lowest BCUT2D eigenvalue weighted by atomic mass is 10.3. The largest absolute Gasteiger partial charge is 0.491 e. The van der Waals surface area contributed by atoms with E-state index in [2.05, 4.69) is 5.32 Å². The third-order valence-electron chi connectivity index (χ3n) is 2.64. The van der Waals surface area contributed by atoms with E-state index in [0.717, 1.165) is 11.4 Å². The number of ether oxygens (including phenoxy) is 4. The second kappa shape index (κ2) is 13.1. The number of alkyl halides is 1. The van der Waals surface area contributed by atoms with Crippen molar-refractivity contribution in [3.05, 3.63) is 24.3 Å². The summed E-state index contributed by atoms with van der Waals surface area (Å²) in [5.74, 6) is 1.13. The fourth-order valence-corrected chi connectivity index (χ4v) is 1.76. The van der Waals surface area contributed by atoms with Crippen LogP contribution in [0.15, 0.2) is 24.3 Å². The van der Waals surface area contributed by atoms with Crippen molar-refractivity contribution in [2.45, 2.75) is 6.92 Å². The molecule has 6 nitrogen and oxygen atoms in total. The van der Waals surface area contributed by atoms with E-state index in [4.69, 9.17) is 30.5 Å². The van der Waals surface area contributed by atoms with Crippen LogP contribution >= 0.6 is 11.6 Å². The fraction of sp³-hybridized carbons (Fsp3) is 0.562. The Kier molecular flexibility index (Phi) is 11.3. The van der Waals surface area contributed by atoms with E-state index in [9.17, 15) is 4.79 Å². The lowest BCUT2D eigenvalue weighted by molar-refractivity contribution is -0.114. The minimum Gasteiger partial charge on any atom is -0.491 e. The monoisotopic (exact) mass is 345 g/mol. The standard InChI is InChI=1S/C16H24ClNO5/c1-14(19)18-15-2-4-16(5-3-15)23-13-12-22-11-10-21-9-8-20-7-6-17/h2-5H,6-13H2,1H3,(H,18,19). The van der Waals surface area contributed by atoms with E-state index >= 15 is 0 Å². The molecule has 0 aromatic heterocycles. The molecule has 0 bridgehead atoms. The zero-order valence-corrected chi connectivity index (χ0v) is 14.1. The second-order valence-electron chi connectivity index (χ2n) is 4.58. The average molecular weight is 346 g/mol. The summed E-state index contributed by atoms with van der Waals surface area (Å²) in [7, 11) is 0. The summed E-state index contributed by atoms with van der Waals surface area (Å²) in [6, 6.07) is 7.18. The van der Waals surface area contributed by atoms with Gasteiger partial charge in [-0.3, -0.25) is 4.79 Å². The number of rotatable bonds is 13. The average Bonchev–Trinajstić information content (AvgIpc) is 2.53. The molecule has 0 spiro atoms. The summed E-state index contributed by atoms with van der Waals surface area (Å²) in [6.45, 7) is 5.08. The van der Waals surface area contributed by atoms with Crippen molar-refractivity contribution < 1.29 is 23.7 Å². The third-order valence-corrected chi connectivity index (χ3v) is 2.79. The van der Waals surface area contributed by atoms with Crippen molar-refractivity contribution in [2.24, 2.45) is 0 Å². The highest BCUT2D eigenvalue weighted by Gasteiger charge is 1.97. The molecule has 1 rings (SSSR count). The number of anilines is 1. The Morgan fingerprint density at radius 2 is 1.43 bits per heavy atom. The highest BCUT2D eigenvalue weighted by atomic mass is 35.5. The Balaban J connectivity index is 1.95. The van der Waals surface area contributed by atoms with Gasteiger partial charge in [0.05, 0.1) is 39.6 Å². The minimum atomic E-state index is -0.0973. The Bertz CT molecular complexity index is 427. The van der Waals surface area contributed by atoms with Gasteiger partial charge in [-0.25, -0.2) is 0 Å². The first kappa shape index (κ1) is 19.7. The molecule has 1 aromatic carbocycles. The van der Waals surface area contributed by atoms with Crippen molar-refractivity contribution in [2.75, 3.05) is 57.4 Å². The maximum Gasteiger partial charge on any atom is 0.221 e. The lowest BCUT2D eigenvalue weighted by Crippen LogP contribution is -2.13. The first-order valence-corrected chi connectivity index (χ1v) is 8.05. The lowest BCUT2D eigenvalue weighted by Gasteiger charge is -2.09. The maximum atomic E-state index is 10.9. The van der Waals surface area contributed by atoms with Gasteiger partial charge in [0.1, 0.15) is 12.4 Å². The Morgan fingerprint density at radius 1 is 0.913 bits per heavy atom. The molecule has 7 heteroatoms. The van der Waals surface area contributed by atoms with E-state index < -0.39 is 0 Å². The molecule has 1 amide bonds. The van der Waals surface area contributed by atoms with Crippen molar-refractivity contribution in [3.63, 3.8) is 0 Å². The first-order valence-electron chi connectivity index (χ1n) is 7.52. The molecule has 0 unspecified atom stereocenters. The van der Waals surface area contributed by atoms with Crippen LogP contribution in [0.5, 0.6) is 5.75 Å². The molecule has 0 saturated heterocycles. The molecule has 0 fully saturated rings. The molecule has 1 aromatic rings. The minimum absolute atomic E-state index is 0.0973. The normalized spacial score (nSPS) is 10.5. The molecule has 0 aliphatic heterocycles. The van der Waals surface area contributed by atoms with Crippen LogP contribution < -0.4 is 10.1 Å². The molecule has 0 radical (unpaired) electrons. The number of hydrogen-bond donors (Lipinski definition) is 1. The van der Waals surface area contributed by atoms with Crippen molar-refractivity contribution in [3.8, 4) is 5.75 Å². The molecule has 130 valence electrons. The summed E-state index contributed by atoms with van der Waals surface area (Å²) < 4.78 is 21.4. The third kappa shape index (κ3) is 10.9. The fourth-order valence-electron chi connectivity index (χ4n) is 1.65. The van der Waals surface area contributed by atoms with Crippen molar-refractivity contribution in [1.82, 2.24) is 0 Å². The maximum absolute atomic E-state index is 10.9. The van der Waals surface area contributed by atoms with Gasteiger partial charge < -0.3 is 24.3 Å². The molecule has 23 heavy (non-hydrogen) atoms. The van der Waals surface area contributed by atoms with Crippen molar-refractivity contribution >= 4 is 23.2 Å². The predicted molar refractivity (Wildman–Crippen MR) is 89.4 cm³/mol. The van der Waals surface area contributed by atoms with Gasteiger partial charge in [0.15, 0.2) is 0 Å². The summed E-state index contributed by atoms with van der Waals surface area (Å²) in [6.07, 6.45) is 0. The Morgan fingerprint density at radius 3 is 1.96 bits per heavy atom. The van der Waals surface area contributed by atoms with Crippen LogP contribution in [0.25, 0.3) is 0 Å². The number of nitrogens with one attached hydrogen (secondary N) is 1. The molecular formula is C16H24ClNO5. The van der Waals surface area contributed by atoms with Gasteiger partial charge in [0.2, 0.25) is 5.91 Å². The predicted octanol–water partition coefficient (Wildman–Crippen LogP) is 2.31. The Labute approximate surface area is 142 Å². The smallest absolute Gasteiger partial charge is 0.221 e. The number of hydrogen-bond acceptors (Lipinski definition) is 5. The van der Waals surface area contributed by atoms with Crippen LogP contribution in [0.4, 0.5) is 5.69 Å². The van der Waals surface area contributed by atoms with E-state index in [0.29, 0.717) is 52.1 Å². The first-order chi connectivity index (χ1) is 11.2. The van der Waals surface area contributed by atoms with Gasteiger partial charge in [0.25, 0.3) is 0 Å². The van der Waals surface area contributed by atoms with E-state index in [1.807, 2.05) is 0 Å². The summed E-state index contributed by atoms with van der Waals surface area (Å²) in [5, 5.41) is 2.70. The van der Waals surface area contributed by atoms with Gasteiger partial charge in [-0.05, 0) is 24.3 Å². The van der Waals surface area contributed by atoms with Crippen LogP contribution in [0.3, 0.4) is 0 Å². The van der Waals surface area contributed by atoms with Gasteiger partial charge in [-0.2, -0.15) is 0 Å². The quantitative estimate of drug-likeness (QED) is 0.439. The van der Waals surface area contributed by atoms with E-state index in [-0.39, 0.29) is 5.91 Å². The summed E-state index contributed by atoms with van der Waals surface area (Å²) in [4.78, 5) is 10.9. The molecular weight excluding hydrogens is 322 g/mol. The number of carbonyl (C=O) groups excluding carboxylic acids is 1.